The second-order valence-electron chi connectivity index (χ2n) is 7.07. The summed E-state index contributed by atoms with van der Waals surface area (Å²) in [5, 5.41) is 2.80. The van der Waals surface area contributed by atoms with Crippen LogP contribution >= 0.6 is 0 Å². The Kier molecular flexibility index (Phi) is 5.93. The van der Waals surface area contributed by atoms with Crippen LogP contribution < -0.4 is 9.62 Å². The van der Waals surface area contributed by atoms with E-state index >= 15 is 0 Å². The first-order chi connectivity index (χ1) is 13.7. The molecule has 1 saturated heterocycles. The van der Waals surface area contributed by atoms with E-state index in [1.165, 1.54) is 11.4 Å². The lowest BCUT2D eigenvalue weighted by molar-refractivity contribution is 0.0600. The third kappa shape index (κ3) is 4.42. The predicted molar refractivity (Wildman–Crippen MR) is 112 cm³/mol. The number of rotatable bonds is 4. The molecule has 1 fully saturated rings. The standard InChI is InChI=1S/C21H24N2O5S/c1-14-6-9-17(21(25)28-3)12-18(14)22-20(24)16-8-7-15(2)19(13-16)23-10-4-5-11-29(23,26)27/h6-9,12-13H,4-5,10-11H2,1-3H3,(H,22,24). The van der Waals surface area contributed by atoms with Gasteiger partial charge in [0.15, 0.2) is 0 Å². The average molecular weight is 416 g/mol. The molecule has 154 valence electrons. The Balaban J connectivity index is 1.90. The molecule has 2 aromatic carbocycles. The number of amides is 1. The largest absolute Gasteiger partial charge is 0.465 e. The molecule has 1 N–H and O–H groups in total. The maximum absolute atomic E-state index is 12.8. The van der Waals surface area contributed by atoms with Crippen LogP contribution in [0, 0.1) is 13.8 Å². The first-order valence-corrected chi connectivity index (χ1v) is 11.0. The number of methoxy groups -OCH3 is 1. The lowest BCUT2D eigenvalue weighted by atomic mass is 10.1. The number of carbonyl (C=O) groups is 2. The number of sulfonamides is 1. The topological polar surface area (TPSA) is 92.8 Å². The van der Waals surface area contributed by atoms with Crippen LogP contribution in [0.5, 0.6) is 0 Å². The Hall–Kier alpha value is -2.87. The van der Waals surface area contributed by atoms with Crippen LogP contribution in [0.25, 0.3) is 0 Å². The van der Waals surface area contributed by atoms with Gasteiger partial charge in [0.2, 0.25) is 10.0 Å². The number of carbonyl (C=O) groups excluding carboxylic acids is 2. The van der Waals surface area contributed by atoms with Crippen molar-refractivity contribution in [2.24, 2.45) is 0 Å². The van der Waals surface area contributed by atoms with Gasteiger partial charge >= 0.3 is 5.97 Å². The molecule has 0 aromatic heterocycles. The van der Waals surface area contributed by atoms with Crippen LogP contribution in [0.2, 0.25) is 0 Å². The Morgan fingerprint density at radius 2 is 1.69 bits per heavy atom. The van der Waals surface area contributed by atoms with Crippen molar-refractivity contribution in [2.45, 2.75) is 26.7 Å². The van der Waals surface area contributed by atoms with E-state index in [4.69, 9.17) is 4.74 Å². The molecular weight excluding hydrogens is 392 g/mol. The average Bonchev–Trinajstić information content (AvgIpc) is 2.69. The number of nitrogens with one attached hydrogen (secondary N) is 1. The molecule has 0 aliphatic carbocycles. The van der Waals surface area contributed by atoms with E-state index in [-0.39, 0.29) is 11.7 Å². The molecule has 0 saturated carbocycles. The molecule has 1 aliphatic heterocycles. The Bertz CT molecular complexity index is 1060. The second-order valence-corrected chi connectivity index (χ2v) is 9.08. The molecular formula is C21H24N2O5S. The van der Waals surface area contributed by atoms with Gasteiger partial charge in [0.05, 0.1) is 24.1 Å². The van der Waals surface area contributed by atoms with Crippen molar-refractivity contribution in [2.75, 3.05) is 29.0 Å². The molecule has 0 atom stereocenters. The number of nitrogens with zero attached hydrogens (tertiary/aromatic N) is 1. The van der Waals surface area contributed by atoms with Gasteiger partial charge in [-0.25, -0.2) is 13.2 Å². The number of aryl methyl sites for hydroxylation is 2. The van der Waals surface area contributed by atoms with Crippen molar-refractivity contribution < 1.29 is 22.7 Å². The minimum Gasteiger partial charge on any atom is -0.465 e. The van der Waals surface area contributed by atoms with Crippen LogP contribution in [0.3, 0.4) is 0 Å². The molecule has 7 nitrogen and oxygen atoms in total. The molecule has 1 heterocycles. The zero-order valence-corrected chi connectivity index (χ0v) is 17.5. The van der Waals surface area contributed by atoms with Gasteiger partial charge in [-0.2, -0.15) is 0 Å². The Morgan fingerprint density at radius 1 is 1.00 bits per heavy atom. The molecule has 29 heavy (non-hydrogen) atoms. The number of ether oxygens (including phenoxy) is 1. The van der Waals surface area contributed by atoms with Crippen LogP contribution in [0.1, 0.15) is 44.7 Å². The van der Waals surface area contributed by atoms with E-state index in [9.17, 15) is 18.0 Å². The van der Waals surface area contributed by atoms with E-state index in [2.05, 4.69) is 5.32 Å². The zero-order valence-electron chi connectivity index (χ0n) is 16.7. The third-order valence-electron chi connectivity index (χ3n) is 5.00. The van der Waals surface area contributed by atoms with Crippen LogP contribution in [-0.2, 0) is 14.8 Å². The Morgan fingerprint density at radius 3 is 2.38 bits per heavy atom. The Labute approximate surface area is 170 Å². The molecule has 1 amide bonds. The second kappa shape index (κ2) is 8.24. The smallest absolute Gasteiger partial charge is 0.337 e. The van der Waals surface area contributed by atoms with Gasteiger partial charge < -0.3 is 10.1 Å². The number of anilines is 2. The van der Waals surface area contributed by atoms with Gasteiger partial charge in [0.25, 0.3) is 5.91 Å². The summed E-state index contributed by atoms with van der Waals surface area (Å²) in [6.07, 6.45) is 1.43. The van der Waals surface area contributed by atoms with Crippen molar-refractivity contribution in [1.29, 1.82) is 0 Å². The van der Waals surface area contributed by atoms with Gasteiger partial charge in [-0.1, -0.05) is 12.1 Å². The highest BCUT2D eigenvalue weighted by atomic mass is 32.2. The fourth-order valence-corrected chi connectivity index (χ4v) is 4.97. The lowest BCUT2D eigenvalue weighted by Gasteiger charge is -2.29. The van der Waals surface area contributed by atoms with Gasteiger partial charge in [-0.3, -0.25) is 9.10 Å². The first-order valence-electron chi connectivity index (χ1n) is 9.34. The summed E-state index contributed by atoms with van der Waals surface area (Å²) >= 11 is 0. The monoisotopic (exact) mass is 416 g/mol. The van der Waals surface area contributed by atoms with E-state index < -0.39 is 16.0 Å². The van der Waals surface area contributed by atoms with E-state index in [0.717, 1.165) is 17.5 Å². The molecule has 0 spiro atoms. The number of hydrogen-bond donors (Lipinski definition) is 1. The highest BCUT2D eigenvalue weighted by molar-refractivity contribution is 7.92. The summed E-state index contributed by atoms with van der Waals surface area (Å²) in [4.78, 5) is 24.6. The van der Waals surface area contributed by atoms with Crippen molar-refractivity contribution >= 4 is 33.3 Å². The van der Waals surface area contributed by atoms with Crippen LogP contribution in [0.4, 0.5) is 11.4 Å². The van der Waals surface area contributed by atoms with E-state index in [1.807, 2.05) is 13.8 Å². The van der Waals surface area contributed by atoms with Gasteiger partial charge in [-0.05, 0) is 62.1 Å². The van der Waals surface area contributed by atoms with Crippen molar-refractivity contribution in [1.82, 2.24) is 0 Å². The fourth-order valence-electron chi connectivity index (χ4n) is 3.27. The van der Waals surface area contributed by atoms with Crippen molar-refractivity contribution in [3.05, 3.63) is 58.7 Å². The van der Waals surface area contributed by atoms with Crippen LogP contribution in [-0.4, -0.2) is 39.7 Å². The quantitative estimate of drug-likeness (QED) is 0.772. The number of esters is 1. The summed E-state index contributed by atoms with van der Waals surface area (Å²) in [5.74, 6) is -0.762. The molecule has 0 radical (unpaired) electrons. The van der Waals surface area contributed by atoms with Gasteiger partial charge in [0, 0.05) is 17.8 Å². The number of hydrogen-bond acceptors (Lipinski definition) is 5. The summed E-state index contributed by atoms with van der Waals surface area (Å²) in [5.41, 5.74) is 3.27. The van der Waals surface area contributed by atoms with E-state index in [0.29, 0.717) is 35.5 Å². The van der Waals surface area contributed by atoms with Gasteiger partial charge in [-0.15, -0.1) is 0 Å². The lowest BCUT2D eigenvalue weighted by Crippen LogP contribution is -2.38. The molecule has 3 rings (SSSR count). The third-order valence-corrected chi connectivity index (χ3v) is 6.85. The summed E-state index contributed by atoms with van der Waals surface area (Å²) in [6, 6.07) is 9.91. The molecule has 0 unspecified atom stereocenters. The SMILES string of the molecule is COC(=O)c1ccc(C)c(NC(=O)c2ccc(C)c(N3CCCCS3(=O)=O)c2)c1. The van der Waals surface area contributed by atoms with Crippen molar-refractivity contribution in [3.8, 4) is 0 Å². The predicted octanol–water partition coefficient (Wildman–Crippen LogP) is 3.27. The van der Waals surface area contributed by atoms with Crippen LogP contribution in [0.15, 0.2) is 36.4 Å². The van der Waals surface area contributed by atoms with Crippen molar-refractivity contribution in [3.63, 3.8) is 0 Å². The highest BCUT2D eigenvalue weighted by Crippen LogP contribution is 2.28. The summed E-state index contributed by atoms with van der Waals surface area (Å²) in [6.45, 7) is 4.05. The molecule has 8 heteroatoms. The molecule has 1 aliphatic rings. The summed E-state index contributed by atoms with van der Waals surface area (Å²) in [7, 11) is -2.08. The molecule has 0 bridgehead atoms. The minimum atomic E-state index is -3.37. The zero-order chi connectivity index (χ0) is 21.2. The fraction of sp³-hybridized carbons (Fsp3) is 0.333. The number of benzene rings is 2. The van der Waals surface area contributed by atoms with Gasteiger partial charge in [0.1, 0.15) is 0 Å². The molecule has 2 aromatic rings. The summed E-state index contributed by atoms with van der Waals surface area (Å²) < 4.78 is 31.0. The maximum Gasteiger partial charge on any atom is 0.337 e. The normalized spacial score (nSPS) is 15.6. The highest BCUT2D eigenvalue weighted by Gasteiger charge is 2.27. The van der Waals surface area contributed by atoms with E-state index in [1.54, 1.807) is 36.4 Å². The maximum atomic E-state index is 12.8. The first kappa shape index (κ1) is 20.9. The minimum absolute atomic E-state index is 0.113.